The summed E-state index contributed by atoms with van der Waals surface area (Å²) < 4.78 is 0. The van der Waals surface area contributed by atoms with Crippen LogP contribution in [0.1, 0.15) is 44.9 Å². The summed E-state index contributed by atoms with van der Waals surface area (Å²) in [5, 5.41) is 0. The molecule has 0 N–H and O–H groups in total. The summed E-state index contributed by atoms with van der Waals surface area (Å²) in [7, 11) is 0. The predicted octanol–water partition coefficient (Wildman–Crippen LogP) is 4.53. The van der Waals surface area contributed by atoms with Crippen molar-refractivity contribution in [3.8, 4) is 0 Å². The van der Waals surface area contributed by atoms with Crippen molar-refractivity contribution in [1.82, 2.24) is 0 Å². The largest absolute Gasteiger partial charge is 0.0776 e. The summed E-state index contributed by atoms with van der Waals surface area (Å²) in [6.07, 6.45) is 1.14. The van der Waals surface area contributed by atoms with Gasteiger partial charge in [0, 0.05) is 0 Å². The number of aryl methyl sites for hydroxylation is 3. The SMILES string of the molecule is C.CC.CCc1ccc(C)cc1C. The Kier molecular flexibility index (Phi) is 8.89. The van der Waals surface area contributed by atoms with Crippen LogP contribution in [0.25, 0.3) is 0 Å². The molecule has 0 saturated heterocycles. The van der Waals surface area contributed by atoms with Crippen LogP contribution in [-0.4, -0.2) is 0 Å². The fraction of sp³-hybridized carbons (Fsp3) is 0.538. The lowest BCUT2D eigenvalue weighted by molar-refractivity contribution is 1.10. The molecule has 0 nitrogen and oxygen atoms in total. The van der Waals surface area contributed by atoms with Gasteiger partial charge in [-0.1, -0.05) is 52.0 Å². The third-order valence-corrected chi connectivity index (χ3v) is 1.88. The molecule has 76 valence electrons. The zero-order chi connectivity index (χ0) is 9.56. The third-order valence-electron chi connectivity index (χ3n) is 1.88. The molecule has 0 unspecified atom stereocenters. The lowest BCUT2D eigenvalue weighted by atomic mass is 10.0. The van der Waals surface area contributed by atoms with E-state index in [0.717, 1.165) is 6.42 Å². The second-order valence-electron chi connectivity index (χ2n) is 2.78. The van der Waals surface area contributed by atoms with Gasteiger partial charge in [-0.2, -0.15) is 0 Å². The Morgan fingerprint density at radius 3 is 2.00 bits per heavy atom. The molecule has 0 bridgehead atoms. The molecular weight excluding hydrogens is 156 g/mol. The molecule has 0 aromatic heterocycles. The summed E-state index contributed by atoms with van der Waals surface area (Å²) >= 11 is 0. The highest BCUT2D eigenvalue weighted by molar-refractivity contribution is 5.30. The molecule has 0 aliphatic carbocycles. The van der Waals surface area contributed by atoms with E-state index in [1.165, 1.54) is 16.7 Å². The van der Waals surface area contributed by atoms with Crippen LogP contribution in [0.15, 0.2) is 18.2 Å². The average Bonchev–Trinajstić information content (AvgIpc) is 2.08. The molecule has 0 fully saturated rings. The fourth-order valence-electron chi connectivity index (χ4n) is 1.24. The van der Waals surface area contributed by atoms with Gasteiger partial charge in [0.05, 0.1) is 0 Å². The van der Waals surface area contributed by atoms with E-state index in [1.807, 2.05) is 13.8 Å². The summed E-state index contributed by atoms with van der Waals surface area (Å²) in [4.78, 5) is 0. The minimum absolute atomic E-state index is 0. The highest BCUT2D eigenvalue weighted by Crippen LogP contribution is 2.10. The monoisotopic (exact) mass is 180 g/mol. The van der Waals surface area contributed by atoms with E-state index in [-0.39, 0.29) is 7.43 Å². The lowest BCUT2D eigenvalue weighted by Crippen LogP contribution is -1.85. The molecule has 0 spiro atoms. The quantitative estimate of drug-likeness (QED) is 0.595. The van der Waals surface area contributed by atoms with Gasteiger partial charge in [0.15, 0.2) is 0 Å². The number of hydrogen-bond donors (Lipinski definition) is 0. The minimum Gasteiger partial charge on any atom is -0.0776 e. The van der Waals surface area contributed by atoms with Crippen LogP contribution >= 0.6 is 0 Å². The molecule has 13 heavy (non-hydrogen) atoms. The maximum atomic E-state index is 2.23. The van der Waals surface area contributed by atoms with E-state index in [9.17, 15) is 0 Å². The van der Waals surface area contributed by atoms with Crippen LogP contribution < -0.4 is 0 Å². The molecule has 0 saturated carbocycles. The molecule has 0 heteroatoms. The van der Waals surface area contributed by atoms with Gasteiger partial charge >= 0.3 is 0 Å². The minimum atomic E-state index is 0. The average molecular weight is 180 g/mol. The normalized spacial score (nSPS) is 8.08. The Morgan fingerprint density at radius 1 is 1.08 bits per heavy atom. The Hall–Kier alpha value is -0.780. The number of rotatable bonds is 1. The molecule has 0 aliphatic rings. The molecule has 0 atom stereocenters. The van der Waals surface area contributed by atoms with Crippen LogP contribution in [-0.2, 0) is 6.42 Å². The summed E-state index contributed by atoms with van der Waals surface area (Å²) in [5.41, 5.74) is 4.24. The van der Waals surface area contributed by atoms with Gasteiger partial charge in [-0.3, -0.25) is 0 Å². The number of hydrogen-bond acceptors (Lipinski definition) is 0. The highest BCUT2D eigenvalue weighted by atomic mass is 14.0. The van der Waals surface area contributed by atoms with E-state index in [4.69, 9.17) is 0 Å². The Labute approximate surface area is 84.0 Å². The van der Waals surface area contributed by atoms with Gasteiger partial charge in [-0.15, -0.1) is 0 Å². The van der Waals surface area contributed by atoms with Gasteiger partial charge in [0.2, 0.25) is 0 Å². The molecule has 1 aromatic carbocycles. The van der Waals surface area contributed by atoms with Crippen molar-refractivity contribution in [3.63, 3.8) is 0 Å². The van der Waals surface area contributed by atoms with Gasteiger partial charge in [-0.25, -0.2) is 0 Å². The van der Waals surface area contributed by atoms with Crippen molar-refractivity contribution in [2.24, 2.45) is 0 Å². The first-order chi connectivity index (χ1) is 5.74. The van der Waals surface area contributed by atoms with Crippen molar-refractivity contribution in [2.75, 3.05) is 0 Å². The first-order valence-electron chi connectivity index (χ1n) is 4.80. The molecule has 1 aromatic rings. The Bertz CT molecular complexity index is 223. The fourth-order valence-corrected chi connectivity index (χ4v) is 1.24. The van der Waals surface area contributed by atoms with Crippen LogP contribution in [0, 0.1) is 13.8 Å². The zero-order valence-corrected chi connectivity index (χ0v) is 8.94. The first kappa shape index (κ1) is 14.7. The molecule has 0 amide bonds. The smallest absolute Gasteiger partial charge is 0.0305 e. The maximum Gasteiger partial charge on any atom is -0.0305 e. The Morgan fingerprint density at radius 2 is 1.62 bits per heavy atom. The van der Waals surface area contributed by atoms with Crippen LogP contribution in [0.4, 0.5) is 0 Å². The second kappa shape index (κ2) is 7.85. The first-order valence-corrected chi connectivity index (χ1v) is 4.80. The maximum absolute atomic E-state index is 2.23. The summed E-state index contributed by atoms with van der Waals surface area (Å²) in [6, 6.07) is 6.62. The van der Waals surface area contributed by atoms with Crippen molar-refractivity contribution in [2.45, 2.75) is 48.5 Å². The van der Waals surface area contributed by atoms with Gasteiger partial charge in [0.25, 0.3) is 0 Å². The standard InChI is InChI=1S/C10H14.C2H6.CH4/c1-4-10-6-5-8(2)7-9(10)3;1-2;/h5-7H,4H2,1-3H3;1-2H3;1H4. The van der Waals surface area contributed by atoms with Crippen molar-refractivity contribution in [3.05, 3.63) is 34.9 Å². The zero-order valence-electron chi connectivity index (χ0n) is 8.94. The Balaban J connectivity index is 0. The molecule has 1 rings (SSSR count). The van der Waals surface area contributed by atoms with E-state index in [0.29, 0.717) is 0 Å². The molecular formula is C13H24. The number of benzene rings is 1. The van der Waals surface area contributed by atoms with Crippen molar-refractivity contribution >= 4 is 0 Å². The van der Waals surface area contributed by atoms with Gasteiger partial charge in [0.1, 0.15) is 0 Å². The summed E-state index contributed by atoms with van der Waals surface area (Å²) in [5.74, 6) is 0. The summed E-state index contributed by atoms with van der Waals surface area (Å²) in [6.45, 7) is 10.5. The van der Waals surface area contributed by atoms with Gasteiger partial charge < -0.3 is 0 Å². The highest BCUT2D eigenvalue weighted by Gasteiger charge is 1.93. The lowest BCUT2D eigenvalue weighted by Gasteiger charge is -2.02. The molecule has 0 heterocycles. The van der Waals surface area contributed by atoms with E-state index >= 15 is 0 Å². The van der Waals surface area contributed by atoms with Crippen LogP contribution in [0.3, 0.4) is 0 Å². The van der Waals surface area contributed by atoms with E-state index < -0.39 is 0 Å². The van der Waals surface area contributed by atoms with Crippen molar-refractivity contribution < 1.29 is 0 Å². The van der Waals surface area contributed by atoms with Crippen LogP contribution in [0.5, 0.6) is 0 Å². The van der Waals surface area contributed by atoms with Gasteiger partial charge in [-0.05, 0) is 31.4 Å². The third kappa shape index (κ3) is 4.72. The van der Waals surface area contributed by atoms with E-state index in [1.54, 1.807) is 0 Å². The molecule has 0 aliphatic heterocycles. The van der Waals surface area contributed by atoms with E-state index in [2.05, 4.69) is 39.0 Å². The van der Waals surface area contributed by atoms with Crippen molar-refractivity contribution in [1.29, 1.82) is 0 Å². The topological polar surface area (TPSA) is 0 Å². The molecule has 0 radical (unpaired) electrons. The predicted molar refractivity (Wildman–Crippen MR) is 63.4 cm³/mol. The van der Waals surface area contributed by atoms with Crippen LogP contribution in [0.2, 0.25) is 0 Å². The second-order valence-corrected chi connectivity index (χ2v) is 2.78.